The summed E-state index contributed by atoms with van der Waals surface area (Å²) in [5, 5.41) is 2.96. The molecule has 0 aliphatic rings. The fourth-order valence-electron chi connectivity index (χ4n) is 2.32. The molecule has 21 heavy (non-hydrogen) atoms. The van der Waals surface area contributed by atoms with E-state index in [1.807, 2.05) is 49.4 Å². The molecule has 0 radical (unpaired) electrons. The summed E-state index contributed by atoms with van der Waals surface area (Å²) >= 11 is 0. The van der Waals surface area contributed by atoms with Crippen LogP contribution in [0.2, 0.25) is 0 Å². The number of benzene rings is 2. The van der Waals surface area contributed by atoms with Gasteiger partial charge < -0.3 is 11.1 Å². The van der Waals surface area contributed by atoms with Crippen molar-refractivity contribution in [3.05, 3.63) is 65.7 Å². The summed E-state index contributed by atoms with van der Waals surface area (Å²) in [6.45, 7) is 1.92. The molecule has 2 aromatic carbocycles. The van der Waals surface area contributed by atoms with Gasteiger partial charge in [0, 0.05) is 18.2 Å². The molecule has 1 amide bonds. The number of aryl methyl sites for hydroxylation is 1. The summed E-state index contributed by atoms with van der Waals surface area (Å²) in [6, 6.07) is 17.8. The average Bonchev–Trinajstić information content (AvgIpc) is 2.48. The largest absolute Gasteiger partial charge is 0.326 e. The molecule has 1 atom stereocenters. The molecule has 0 aliphatic carbocycles. The first-order valence-electron chi connectivity index (χ1n) is 7.35. The van der Waals surface area contributed by atoms with Gasteiger partial charge in [0.05, 0.1) is 0 Å². The van der Waals surface area contributed by atoms with Gasteiger partial charge in [0.2, 0.25) is 5.91 Å². The van der Waals surface area contributed by atoms with Crippen molar-refractivity contribution in [1.29, 1.82) is 0 Å². The molecule has 2 rings (SSSR count). The van der Waals surface area contributed by atoms with Crippen LogP contribution in [0.15, 0.2) is 54.6 Å². The van der Waals surface area contributed by atoms with Gasteiger partial charge in [-0.3, -0.25) is 4.79 Å². The van der Waals surface area contributed by atoms with Gasteiger partial charge in [0.15, 0.2) is 0 Å². The smallest absolute Gasteiger partial charge is 0.224 e. The molecular weight excluding hydrogens is 260 g/mol. The maximum atomic E-state index is 12.0. The Morgan fingerprint density at radius 1 is 1.10 bits per heavy atom. The van der Waals surface area contributed by atoms with Crippen LogP contribution >= 0.6 is 0 Å². The maximum Gasteiger partial charge on any atom is 0.224 e. The summed E-state index contributed by atoms with van der Waals surface area (Å²) in [5.74, 6) is 0.0408. The number of carbonyl (C=O) groups is 1. The Kier molecular flexibility index (Phi) is 5.52. The van der Waals surface area contributed by atoms with Gasteiger partial charge in [-0.2, -0.15) is 0 Å². The summed E-state index contributed by atoms with van der Waals surface area (Å²) in [7, 11) is 0. The van der Waals surface area contributed by atoms with E-state index < -0.39 is 0 Å². The van der Waals surface area contributed by atoms with Gasteiger partial charge in [-0.05, 0) is 37.0 Å². The lowest BCUT2D eigenvalue weighted by Crippen LogP contribution is -2.15. The maximum absolute atomic E-state index is 12.0. The zero-order chi connectivity index (χ0) is 15.1. The quantitative estimate of drug-likeness (QED) is 0.849. The molecule has 0 saturated heterocycles. The molecule has 3 heteroatoms. The minimum Gasteiger partial charge on any atom is -0.326 e. The number of rotatable bonds is 6. The van der Waals surface area contributed by atoms with Crippen molar-refractivity contribution in [2.24, 2.45) is 5.73 Å². The van der Waals surface area contributed by atoms with Crippen LogP contribution in [0, 0.1) is 0 Å². The van der Waals surface area contributed by atoms with Gasteiger partial charge in [-0.25, -0.2) is 0 Å². The first-order valence-corrected chi connectivity index (χ1v) is 7.35. The second-order valence-electron chi connectivity index (χ2n) is 5.26. The standard InChI is InChI=1S/C18H22N2O/c1-14(19)16-11-5-6-12-17(16)20-18(21)13-7-10-15-8-3-2-4-9-15/h2-6,8-9,11-12,14H,7,10,13,19H2,1H3,(H,20,21). The number of nitrogens with one attached hydrogen (secondary N) is 1. The Hall–Kier alpha value is -2.13. The molecular formula is C18H22N2O. The number of nitrogens with two attached hydrogens (primary N) is 1. The Bertz CT molecular complexity index is 579. The molecule has 110 valence electrons. The van der Waals surface area contributed by atoms with Crippen molar-refractivity contribution in [1.82, 2.24) is 0 Å². The van der Waals surface area contributed by atoms with Crippen LogP contribution in [0.3, 0.4) is 0 Å². The van der Waals surface area contributed by atoms with Crippen LogP contribution in [-0.4, -0.2) is 5.91 Å². The Balaban J connectivity index is 1.85. The van der Waals surface area contributed by atoms with E-state index in [2.05, 4.69) is 17.4 Å². The summed E-state index contributed by atoms with van der Waals surface area (Å²) < 4.78 is 0. The SMILES string of the molecule is CC(N)c1ccccc1NC(=O)CCCc1ccccc1. The molecule has 0 aromatic heterocycles. The number of anilines is 1. The van der Waals surface area contributed by atoms with Crippen molar-refractivity contribution >= 4 is 11.6 Å². The number of hydrogen-bond acceptors (Lipinski definition) is 2. The van der Waals surface area contributed by atoms with Crippen molar-refractivity contribution in [3.8, 4) is 0 Å². The fourth-order valence-corrected chi connectivity index (χ4v) is 2.32. The van der Waals surface area contributed by atoms with Crippen molar-refractivity contribution in [2.45, 2.75) is 32.2 Å². The molecule has 1 unspecified atom stereocenters. The van der Waals surface area contributed by atoms with E-state index in [1.54, 1.807) is 0 Å². The topological polar surface area (TPSA) is 55.1 Å². The van der Waals surface area contributed by atoms with E-state index in [-0.39, 0.29) is 11.9 Å². The highest BCUT2D eigenvalue weighted by atomic mass is 16.1. The number of amides is 1. The van der Waals surface area contributed by atoms with Crippen LogP contribution in [0.25, 0.3) is 0 Å². The van der Waals surface area contributed by atoms with Crippen LogP contribution in [0.5, 0.6) is 0 Å². The van der Waals surface area contributed by atoms with E-state index >= 15 is 0 Å². The Morgan fingerprint density at radius 3 is 2.48 bits per heavy atom. The van der Waals surface area contributed by atoms with E-state index in [9.17, 15) is 4.79 Å². The number of hydrogen-bond donors (Lipinski definition) is 2. The second-order valence-corrected chi connectivity index (χ2v) is 5.26. The van der Waals surface area contributed by atoms with Crippen LogP contribution in [0.1, 0.15) is 36.9 Å². The minimum absolute atomic E-state index is 0.0408. The van der Waals surface area contributed by atoms with E-state index in [1.165, 1.54) is 5.56 Å². The molecule has 0 fully saturated rings. The van der Waals surface area contributed by atoms with Gasteiger partial charge in [0.25, 0.3) is 0 Å². The highest BCUT2D eigenvalue weighted by Gasteiger charge is 2.09. The predicted molar refractivity (Wildman–Crippen MR) is 87.1 cm³/mol. The van der Waals surface area contributed by atoms with Crippen molar-refractivity contribution in [3.63, 3.8) is 0 Å². The summed E-state index contributed by atoms with van der Waals surface area (Å²) in [4.78, 5) is 12.0. The number of para-hydroxylation sites is 1. The number of carbonyl (C=O) groups excluding carboxylic acids is 1. The van der Waals surface area contributed by atoms with Crippen LogP contribution in [-0.2, 0) is 11.2 Å². The molecule has 3 nitrogen and oxygen atoms in total. The van der Waals surface area contributed by atoms with Crippen molar-refractivity contribution in [2.75, 3.05) is 5.32 Å². The van der Waals surface area contributed by atoms with E-state index in [0.717, 1.165) is 24.1 Å². The molecule has 0 aliphatic heterocycles. The molecule has 0 bridgehead atoms. The lowest BCUT2D eigenvalue weighted by Gasteiger charge is -2.13. The van der Waals surface area contributed by atoms with Crippen molar-refractivity contribution < 1.29 is 4.79 Å². The van der Waals surface area contributed by atoms with E-state index in [4.69, 9.17) is 5.73 Å². The van der Waals surface area contributed by atoms with Gasteiger partial charge in [0.1, 0.15) is 0 Å². The Labute approximate surface area is 126 Å². The minimum atomic E-state index is -0.0918. The first-order chi connectivity index (χ1) is 10.2. The third-order valence-corrected chi connectivity index (χ3v) is 3.44. The molecule has 3 N–H and O–H groups in total. The highest BCUT2D eigenvalue weighted by Crippen LogP contribution is 2.21. The molecule has 2 aromatic rings. The van der Waals surface area contributed by atoms with Gasteiger partial charge >= 0.3 is 0 Å². The average molecular weight is 282 g/mol. The fraction of sp³-hybridized carbons (Fsp3) is 0.278. The lowest BCUT2D eigenvalue weighted by molar-refractivity contribution is -0.116. The predicted octanol–water partition coefficient (Wildman–Crippen LogP) is 3.67. The monoisotopic (exact) mass is 282 g/mol. The molecule has 0 spiro atoms. The van der Waals surface area contributed by atoms with E-state index in [0.29, 0.717) is 6.42 Å². The first kappa shape index (κ1) is 15.3. The zero-order valence-corrected chi connectivity index (χ0v) is 12.4. The highest BCUT2D eigenvalue weighted by molar-refractivity contribution is 5.91. The lowest BCUT2D eigenvalue weighted by atomic mass is 10.1. The molecule has 0 heterocycles. The van der Waals surface area contributed by atoms with Gasteiger partial charge in [-0.15, -0.1) is 0 Å². The van der Waals surface area contributed by atoms with Crippen LogP contribution < -0.4 is 11.1 Å². The summed E-state index contributed by atoms with van der Waals surface area (Å²) in [6.07, 6.45) is 2.28. The summed E-state index contributed by atoms with van der Waals surface area (Å²) in [5.41, 5.74) is 8.96. The second kappa shape index (κ2) is 7.60. The third kappa shape index (κ3) is 4.72. The normalized spacial score (nSPS) is 11.9. The van der Waals surface area contributed by atoms with Crippen LogP contribution in [0.4, 0.5) is 5.69 Å². The van der Waals surface area contributed by atoms with Gasteiger partial charge in [-0.1, -0.05) is 48.5 Å². The zero-order valence-electron chi connectivity index (χ0n) is 12.4. The third-order valence-electron chi connectivity index (χ3n) is 3.44. The molecule has 0 saturated carbocycles. The Morgan fingerprint density at radius 2 is 1.76 bits per heavy atom.